The summed E-state index contributed by atoms with van der Waals surface area (Å²) < 4.78 is 5.72. The normalized spacial score (nSPS) is 16.0. The van der Waals surface area contributed by atoms with Crippen LogP contribution in [0.25, 0.3) is 0 Å². The summed E-state index contributed by atoms with van der Waals surface area (Å²) in [6.07, 6.45) is 7.17. The molecular formula is C21H27N3O2. The van der Waals surface area contributed by atoms with Crippen molar-refractivity contribution in [3.05, 3.63) is 59.9 Å². The Bertz CT molecular complexity index is 682. The Hall–Kier alpha value is -2.40. The van der Waals surface area contributed by atoms with Gasteiger partial charge in [0.15, 0.2) is 0 Å². The number of hydrogen-bond donors (Lipinski definition) is 1. The van der Waals surface area contributed by atoms with Crippen LogP contribution in [-0.4, -0.2) is 41.5 Å². The van der Waals surface area contributed by atoms with Gasteiger partial charge in [-0.25, -0.2) is 0 Å². The van der Waals surface area contributed by atoms with E-state index in [9.17, 15) is 4.79 Å². The van der Waals surface area contributed by atoms with E-state index in [-0.39, 0.29) is 12.0 Å². The number of amides is 1. The second-order valence-corrected chi connectivity index (χ2v) is 6.86. The highest BCUT2D eigenvalue weighted by Gasteiger charge is 2.12. The van der Waals surface area contributed by atoms with E-state index in [4.69, 9.17) is 4.74 Å². The number of rotatable bonds is 7. The third-order valence-corrected chi connectivity index (χ3v) is 4.59. The van der Waals surface area contributed by atoms with Gasteiger partial charge in [-0.1, -0.05) is 18.6 Å². The second-order valence-electron chi connectivity index (χ2n) is 6.86. The molecule has 1 amide bonds. The fourth-order valence-electron chi connectivity index (χ4n) is 3.17. The van der Waals surface area contributed by atoms with Gasteiger partial charge in [0.05, 0.1) is 12.7 Å². The molecule has 5 heteroatoms. The molecule has 0 bridgehead atoms. The number of benzene rings is 1. The Kier molecular flexibility index (Phi) is 6.61. The summed E-state index contributed by atoms with van der Waals surface area (Å²) in [5.74, 6) is 0.632. The van der Waals surface area contributed by atoms with E-state index in [0.717, 1.165) is 6.54 Å². The number of ether oxygens (including phenoxy) is 1. The maximum Gasteiger partial charge on any atom is 0.251 e. The molecule has 1 saturated heterocycles. The first-order valence-electron chi connectivity index (χ1n) is 9.37. The highest BCUT2D eigenvalue weighted by Crippen LogP contribution is 2.14. The largest absolute Gasteiger partial charge is 0.487 e. The Labute approximate surface area is 155 Å². The monoisotopic (exact) mass is 353 g/mol. The molecule has 0 aliphatic carbocycles. The summed E-state index contributed by atoms with van der Waals surface area (Å²) in [7, 11) is 0. The summed E-state index contributed by atoms with van der Waals surface area (Å²) in [6.45, 7) is 5.70. The molecule has 1 N–H and O–H groups in total. The molecule has 0 unspecified atom stereocenters. The van der Waals surface area contributed by atoms with Crippen LogP contribution in [0.5, 0.6) is 5.75 Å². The SMILES string of the molecule is C[C@@H](CNC(=O)c1ccc(CN2CCCCC2)cc1)Oc1cccnc1. The van der Waals surface area contributed by atoms with Gasteiger partial charge in [-0.2, -0.15) is 0 Å². The Morgan fingerprint density at radius 3 is 2.65 bits per heavy atom. The lowest BCUT2D eigenvalue weighted by molar-refractivity contribution is 0.0932. The standard InChI is InChI=1S/C21H27N3O2/c1-17(26-20-6-5-11-22-15-20)14-23-21(25)19-9-7-18(8-10-19)16-24-12-3-2-4-13-24/h5-11,15,17H,2-4,12-14,16H2,1H3,(H,23,25)/t17-/m0/s1. The summed E-state index contributed by atoms with van der Waals surface area (Å²) in [4.78, 5) is 18.8. The van der Waals surface area contributed by atoms with Crippen molar-refractivity contribution in [1.29, 1.82) is 0 Å². The lowest BCUT2D eigenvalue weighted by atomic mass is 10.1. The Balaban J connectivity index is 1.45. The lowest BCUT2D eigenvalue weighted by Gasteiger charge is -2.26. The highest BCUT2D eigenvalue weighted by molar-refractivity contribution is 5.94. The zero-order valence-corrected chi connectivity index (χ0v) is 15.4. The quantitative estimate of drug-likeness (QED) is 0.830. The summed E-state index contributed by atoms with van der Waals surface area (Å²) in [5, 5.41) is 2.93. The van der Waals surface area contributed by atoms with Gasteiger partial charge in [-0.05, 0) is 62.7 Å². The fraction of sp³-hybridized carbons (Fsp3) is 0.429. The minimum atomic E-state index is -0.124. The molecular weight excluding hydrogens is 326 g/mol. The molecule has 0 saturated carbocycles. The third kappa shape index (κ3) is 5.56. The van der Waals surface area contributed by atoms with Crippen LogP contribution in [0, 0.1) is 0 Å². The zero-order valence-electron chi connectivity index (χ0n) is 15.4. The van der Waals surface area contributed by atoms with Crippen LogP contribution in [0.15, 0.2) is 48.8 Å². The highest BCUT2D eigenvalue weighted by atomic mass is 16.5. The number of nitrogens with one attached hydrogen (secondary N) is 1. The van der Waals surface area contributed by atoms with Crippen LogP contribution >= 0.6 is 0 Å². The topological polar surface area (TPSA) is 54.5 Å². The van der Waals surface area contributed by atoms with Crippen LogP contribution in [0.1, 0.15) is 42.1 Å². The molecule has 2 heterocycles. The van der Waals surface area contributed by atoms with Gasteiger partial charge in [0, 0.05) is 18.3 Å². The Morgan fingerprint density at radius 1 is 1.19 bits per heavy atom. The van der Waals surface area contributed by atoms with Gasteiger partial charge in [-0.15, -0.1) is 0 Å². The molecule has 0 radical (unpaired) electrons. The van der Waals surface area contributed by atoms with Crippen molar-refractivity contribution in [1.82, 2.24) is 15.2 Å². The van der Waals surface area contributed by atoms with Crippen molar-refractivity contribution in [3.63, 3.8) is 0 Å². The molecule has 1 aliphatic rings. The molecule has 1 aliphatic heterocycles. The number of hydrogen-bond acceptors (Lipinski definition) is 4. The van der Waals surface area contributed by atoms with Crippen molar-refractivity contribution >= 4 is 5.91 Å². The third-order valence-electron chi connectivity index (χ3n) is 4.59. The number of carbonyl (C=O) groups excluding carboxylic acids is 1. The molecule has 5 nitrogen and oxygen atoms in total. The van der Waals surface area contributed by atoms with E-state index in [2.05, 4.69) is 27.3 Å². The van der Waals surface area contributed by atoms with Crippen molar-refractivity contribution in [2.75, 3.05) is 19.6 Å². The van der Waals surface area contributed by atoms with E-state index in [1.165, 1.54) is 37.9 Å². The second kappa shape index (κ2) is 9.34. The first kappa shape index (κ1) is 18.4. The van der Waals surface area contributed by atoms with Crippen LogP contribution in [-0.2, 0) is 6.54 Å². The van der Waals surface area contributed by atoms with E-state index >= 15 is 0 Å². The molecule has 1 aromatic heterocycles. The maximum absolute atomic E-state index is 12.3. The van der Waals surface area contributed by atoms with Crippen LogP contribution < -0.4 is 10.1 Å². The molecule has 3 rings (SSSR count). The molecule has 1 atom stereocenters. The number of piperidine rings is 1. The van der Waals surface area contributed by atoms with E-state index in [0.29, 0.717) is 17.9 Å². The molecule has 0 spiro atoms. The average molecular weight is 353 g/mol. The maximum atomic E-state index is 12.3. The van der Waals surface area contributed by atoms with Crippen molar-refractivity contribution < 1.29 is 9.53 Å². The minimum absolute atomic E-state index is 0.0730. The van der Waals surface area contributed by atoms with Crippen molar-refractivity contribution in [3.8, 4) is 5.75 Å². The average Bonchev–Trinajstić information content (AvgIpc) is 2.68. The molecule has 2 aromatic rings. The predicted molar refractivity (Wildman–Crippen MR) is 102 cm³/mol. The summed E-state index contributed by atoms with van der Waals surface area (Å²) in [6, 6.07) is 11.6. The number of pyridine rings is 1. The predicted octanol–water partition coefficient (Wildman–Crippen LogP) is 3.26. The number of aromatic nitrogens is 1. The smallest absolute Gasteiger partial charge is 0.251 e. The van der Waals surface area contributed by atoms with Crippen molar-refractivity contribution in [2.24, 2.45) is 0 Å². The fourth-order valence-corrected chi connectivity index (χ4v) is 3.17. The van der Waals surface area contributed by atoms with Gasteiger partial charge in [0.25, 0.3) is 5.91 Å². The molecule has 26 heavy (non-hydrogen) atoms. The van der Waals surface area contributed by atoms with E-state index in [1.54, 1.807) is 12.4 Å². The van der Waals surface area contributed by atoms with Crippen molar-refractivity contribution in [2.45, 2.75) is 38.8 Å². The first-order chi connectivity index (χ1) is 12.7. The van der Waals surface area contributed by atoms with Gasteiger partial charge in [0.1, 0.15) is 11.9 Å². The van der Waals surface area contributed by atoms with Crippen LogP contribution in [0.3, 0.4) is 0 Å². The molecule has 1 aromatic carbocycles. The number of likely N-dealkylation sites (tertiary alicyclic amines) is 1. The number of carbonyl (C=O) groups is 1. The van der Waals surface area contributed by atoms with Crippen LogP contribution in [0.2, 0.25) is 0 Å². The summed E-state index contributed by atoms with van der Waals surface area (Å²) in [5.41, 5.74) is 1.94. The lowest BCUT2D eigenvalue weighted by Crippen LogP contribution is -2.33. The number of nitrogens with zero attached hydrogens (tertiary/aromatic N) is 2. The van der Waals surface area contributed by atoms with Gasteiger partial charge in [-0.3, -0.25) is 14.7 Å². The summed E-state index contributed by atoms with van der Waals surface area (Å²) >= 11 is 0. The molecule has 138 valence electrons. The first-order valence-corrected chi connectivity index (χ1v) is 9.37. The Morgan fingerprint density at radius 2 is 1.96 bits per heavy atom. The van der Waals surface area contributed by atoms with Crippen LogP contribution in [0.4, 0.5) is 0 Å². The van der Waals surface area contributed by atoms with Gasteiger partial charge in [0.2, 0.25) is 0 Å². The van der Waals surface area contributed by atoms with Gasteiger partial charge >= 0.3 is 0 Å². The van der Waals surface area contributed by atoms with Gasteiger partial charge < -0.3 is 10.1 Å². The van der Waals surface area contributed by atoms with E-state index in [1.807, 2.05) is 31.2 Å². The molecule has 1 fully saturated rings. The minimum Gasteiger partial charge on any atom is -0.487 e. The van der Waals surface area contributed by atoms with E-state index < -0.39 is 0 Å². The zero-order chi connectivity index (χ0) is 18.2.